The number of carbonyl (C=O) groups excluding carboxylic acids is 1. The minimum absolute atomic E-state index is 0.248. The molecule has 0 amide bonds. The van der Waals surface area contributed by atoms with E-state index in [2.05, 4.69) is 16.2 Å². The number of hydrogen-bond donors (Lipinski definition) is 0. The van der Waals surface area contributed by atoms with Crippen LogP contribution in [-0.4, -0.2) is 20.5 Å². The highest BCUT2D eigenvalue weighted by Gasteiger charge is 2.45. The highest BCUT2D eigenvalue weighted by Crippen LogP contribution is 2.44. The van der Waals surface area contributed by atoms with Gasteiger partial charge in [-0.25, -0.2) is 14.1 Å². The van der Waals surface area contributed by atoms with Gasteiger partial charge in [-0.2, -0.15) is 10.4 Å². The zero-order valence-corrected chi connectivity index (χ0v) is 17.2. The summed E-state index contributed by atoms with van der Waals surface area (Å²) in [5.41, 5.74) is 1.78. The van der Waals surface area contributed by atoms with E-state index in [1.165, 1.54) is 17.4 Å². The molecule has 148 valence electrons. The molecule has 0 fully saturated rings. The Kier molecular flexibility index (Phi) is 4.09. The molecule has 0 saturated carbocycles. The molecular weight excluding hydrogens is 399 g/mol. The zero-order chi connectivity index (χ0) is 21.0. The van der Waals surface area contributed by atoms with Gasteiger partial charge in [-0.15, -0.1) is 0 Å². The number of thiazole rings is 1. The van der Waals surface area contributed by atoms with Crippen LogP contribution in [0.2, 0.25) is 0 Å². The molecule has 0 saturated heterocycles. The van der Waals surface area contributed by atoms with E-state index in [0.29, 0.717) is 22.8 Å². The van der Waals surface area contributed by atoms with Crippen molar-refractivity contribution in [2.45, 2.75) is 20.3 Å². The zero-order valence-electron chi connectivity index (χ0n) is 16.4. The number of fused-ring (bicyclic) bond motifs is 2. The monoisotopic (exact) mass is 416 g/mol. The van der Waals surface area contributed by atoms with Crippen molar-refractivity contribution in [3.05, 3.63) is 65.6 Å². The van der Waals surface area contributed by atoms with Crippen LogP contribution in [0.3, 0.4) is 0 Å². The van der Waals surface area contributed by atoms with Crippen LogP contribution in [0.1, 0.15) is 29.9 Å². The molecule has 2 aromatic carbocycles. The lowest BCUT2D eigenvalue weighted by Crippen LogP contribution is -2.37. The Hall–Kier alpha value is -3.37. The quantitative estimate of drug-likeness (QED) is 0.451. The lowest BCUT2D eigenvalue weighted by molar-refractivity contribution is 0.0835. The lowest BCUT2D eigenvalue weighted by atomic mass is 9.67. The van der Waals surface area contributed by atoms with Crippen LogP contribution in [0, 0.1) is 28.5 Å². The van der Waals surface area contributed by atoms with Crippen LogP contribution < -0.4 is 0 Å². The Morgan fingerprint density at radius 2 is 1.93 bits per heavy atom. The number of benzene rings is 2. The summed E-state index contributed by atoms with van der Waals surface area (Å²) < 4.78 is 17.3. The minimum atomic E-state index is -0.816. The Balaban J connectivity index is 1.81. The molecule has 0 bridgehead atoms. The summed E-state index contributed by atoms with van der Waals surface area (Å²) in [6, 6.07) is 16.2. The van der Waals surface area contributed by atoms with E-state index in [4.69, 9.17) is 0 Å². The molecule has 0 spiro atoms. The first-order valence-electron chi connectivity index (χ1n) is 9.57. The van der Waals surface area contributed by atoms with Crippen molar-refractivity contribution >= 4 is 27.3 Å². The number of aromatic nitrogens is 3. The number of carbonyl (C=O) groups is 1. The van der Waals surface area contributed by atoms with E-state index in [-0.39, 0.29) is 17.0 Å². The molecule has 0 aliphatic heterocycles. The third-order valence-electron chi connectivity index (χ3n) is 5.62. The third-order valence-corrected chi connectivity index (χ3v) is 6.63. The summed E-state index contributed by atoms with van der Waals surface area (Å²) in [6.07, 6.45) is 0.462. The Morgan fingerprint density at radius 1 is 1.20 bits per heavy atom. The Labute approximate surface area is 176 Å². The second-order valence-electron chi connectivity index (χ2n) is 8.12. The Bertz CT molecular complexity index is 1330. The summed E-state index contributed by atoms with van der Waals surface area (Å²) in [7, 11) is 0. The van der Waals surface area contributed by atoms with Gasteiger partial charge in [-0.1, -0.05) is 49.4 Å². The van der Waals surface area contributed by atoms with Crippen molar-refractivity contribution in [2.24, 2.45) is 11.3 Å². The van der Waals surface area contributed by atoms with Crippen molar-refractivity contribution in [1.29, 1.82) is 5.26 Å². The van der Waals surface area contributed by atoms with Crippen LogP contribution in [0.15, 0.2) is 48.5 Å². The first-order valence-corrected chi connectivity index (χ1v) is 10.4. The van der Waals surface area contributed by atoms with Crippen LogP contribution >= 0.6 is 11.3 Å². The maximum absolute atomic E-state index is 14.6. The molecule has 2 aromatic heterocycles. The summed E-state index contributed by atoms with van der Waals surface area (Å²) in [5, 5.41) is 15.0. The van der Waals surface area contributed by atoms with Gasteiger partial charge in [0.25, 0.3) is 0 Å². The predicted octanol–water partition coefficient (Wildman–Crippen LogP) is 5.19. The van der Waals surface area contributed by atoms with E-state index in [1.807, 2.05) is 38.1 Å². The van der Waals surface area contributed by atoms with E-state index in [1.54, 1.807) is 22.9 Å². The number of halogens is 1. The molecule has 4 aromatic rings. The molecule has 30 heavy (non-hydrogen) atoms. The number of hydrogen-bond acceptors (Lipinski definition) is 5. The summed E-state index contributed by atoms with van der Waals surface area (Å²) in [6.45, 7) is 3.81. The van der Waals surface area contributed by atoms with E-state index in [0.717, 1.165) is 10.2 Å². The summed E-state index contributed by atoms with van der Waals surface area (Å²) in [5.74, 6) is -1.58. The predicted molar refractivity (Wildman–Crippen MR) is 113 cm³/mol. The van der Waals surface area contributed by atoms with Crippen LogP contribution in [0.25, 0.3) is 26.6 Å². The van der Waals surface area contributed by atoms with Crippen molar-refractivity contribution in [2.75, 3.05) is 0 Å². The van der Waals surface area contributed by atoms with E-state index >= 15 is 0 Å². The smallest absolute Gasteiger partial charge is 0.211 e. The van der Waals surface area contributed by atoms with Gasteiger partial charge in [0.15, 0.2) is 5.78 Å². The molecule has 1 atom stereocenters. The van der Waals surface area contributed by atoms with Crippen molar-refractivity contribution < 1.29 is 9.18 Å². The standard InChI is InChI=1S/C23H17FN4OS/c1-23(2)11-17-19(21(29)14(23)12-25)20(13-7-3-4-8-15(13)24)27-28(17)22-26-16-9-5-6-10-18(16)30-22/h3-10,14H,11H2,1-2H3. The second kappa shape index (κ2) is 6.57. The second-order valence-corrected chi connectivity index (χ2v) is 9.13. The SMILES string of the molecule is CC1(C)Cc2c(c(-c3ccccc3F)nn2-c2nc3ccccc3s2)C(=O)C1C#N. The van der Waals surface area contributed by atoms with Crippen molar-refractivity contribution in [1.82, 2.24) is 14.8 Å². The van der Waals surface area contributed by atoms with Gasteiger partial charge in [-0.05, 0) is 36.1 Å². The van der Waals surface area contributed by atoms with Gasteiger partial charge >= 0.3 is 0 Å². The molecule has 0 N–H and O–H groups in total. The number of nitrogens with zero attached hydrogens (tertiary/aromatic N) is 4. The maximum atomic E-state index is 14.6. The number of para-hydroxylation sites is 1. The average molecular weight is 416 g/mol. The average Bonchev–Trinajstić information content (AvgIpc) is 3.29. The first kappa shape index (κ1) is 18.6. The first-order chi connectivity index (χ1) is 14.4. The fourth-order valence-electron chi connectivity index (χ4n) is 4.09. The normalized spacial score (nSPS) is 17.7. The number of Topliss-reactive ketones (excluding diaryl/α,β-unsaturated/α-hetero) is 1. The summed E-state index contributed by atoms with van der Waals surface area (Å²) >= 11 is 1.46. The van der Waals surface area contributed by atoms with E-state index < -0.39 is 17.2 Å². The lowest BCUT2D eigenvalue weighted by Gasteiger charge is -2.33. The highest BCUT2D eigenvalue weighted by atomic mass is 32.1. The highest BCUT2D eigenvalue weighted by molar-refractivity contribution is 7.20. The molecule has 5 rings (SSSR count). The van der Waals surface area contributed by atoms with Crippen molar-refractivity contribution in [3.63, 3.8) is 0 Å². The molecule has 0 radical (unpaired) electrons. The fraction of sp³-hybridized carbons (Fsp3) is 0.217. The van der Waals surface area contributed by atoms with Gasteiger partial charge in [0.2, 0.25) is 5.13 Å². The van der Waals surface area contributed by atoms with Crippen LogP contribution in [0.5, 0.6) is 0 Å². The number of rotatable bonds is 2. The van der Waals surface area contributed by atoms with Gasteiger partial charge in [0.05, 0.1) is 27.5 Å². The summed E-state index contributed by atoms with van der Waals surface area (Å²) in [4.78, 5) is 18.1. The number of ketones is 1. The Morgan fingerprint density at radius 3 is 2.67 bits per heavy atom. The molecule has 1 aliphatic rings. The molecule has 7 heteroatoms. The topological polar surface area (TPSA) is 71.6 Å². The molecular formula is C23H17FN4OS. The number of nitriles is 1. The third kappa shape index (κ3) is 2.68. The molecule has 1 unspecified atom stereocenters. The van der Waals surface area contributed by atoms with Crippen molar-refractivity contribution in [3.8, 4) is 22.5 Å². The van der Waals surface area contributed by atoms with E-state index in [9.17, 15) is 14.4 Å². The van der Waals surface area contributed by atoms with Crippen LogP contribution in [0.4, 0.5) is 4.39 Å². The fourth-order valence-corrected chi connectivity index (χ4v) is 5.04. The molecule has 1 aliphatic carbocycles. The molecule has 5 nitrogen and oxygen atoms in total. The minimum Gasteiger partial charge on any atom is -0.293 e. The van der Waals surface area contributed by atoms with Gasteiger partial charge < -0.3 is 0 Å². The van der Waals surface area contributed by atoms with Crippen LogP contribution in [-0.2, 0) is 6.42 Å². The molecule has 2 heterocycles. The maximum Gasteiger partial charge on any atom is 0.211 e. The largest absolute Gasteiger partial charge is 0.293 e. The van der Waals surface area contributed by atoms with Gasteiger partial charge in [-0.3, -0.25) is 4.79 Å². The van der Waals surface area contributed by atoms with Gasteiger partial charge in [0.1, 0.15) is 17.4 Å². The van der Waals surface area contributed by atoms with Gasteiger partial charge in [0, 0.05) is 5.56 Å².